The van der Waals surface area contributed by atoms with Crippen LogP contribution in [0, 0.1) is 6.92 Å². The Balaban J connectivity index is 2.87. The van der Waals surface area contributed by atoms with Gasteiger partial charge in [0.2, 0.25) is 0 Å². The van der Waals surface area contributed by atoms with Crippen molar-refractivity contribution in [3.63, 3.8) is 0 Å². The maximum Gasteiger partial charge on any atom is 0.165 e. The van der Waals surface area contributed by atoms with Gasteiger partial charge in [-0.2, -0.15) is 0 Å². The molecule has 1 rings (SSSR count). The number of rotatable bonds is 5. The van der Waals surface area contributed by atoms with Gasteiger partial charge < -0.3 is 9.47 Å². The van der Waals surface area contributed by atoms with Crippen LogP contribution in [0.5, 0.6) is 5.75 Å². The zero-order chi connectivity index (χ0) is 12.1. The summed E-state index contributed by atoms with van der Waals surface area (Å²) in [5.41, 5.74) is 2.03. The lowest BCUT2D eigenvalue weighted by molar-refractivity contribution is -0.127. The van der Waals surface area contributed by atoms with Crippen LogP contribution in [-0.4, -0.2) is 26.1 Å². The largest absolute Gasteiger partial charge is 0.496 e. The Labute approximate surface area is 96.4 Å². The van der Waals surface area contributed by atoms with Crippen LogP contribution in [0.2, 0.25) is 0 Å². The Kier molecular flexibility index (Phi) is 4.50. The molecule has 1 aromatic rings. The first-order valence-corrected chi connectivity index (χ1v) is 5.27. The van der Waals surface area contributed by atoms with Crippen molar-refractivity contribution in [1.29, 1.82) is 0 Å². The highest BCUT2D eigenvalue weighted by Crippen LogP contribution is 2.20. The number of hydrogen-bond donors (Lipinski definition) is 0. The van der Waals surface area contributed by atoms with E-state index in [0.29, 0.717) is 6.42 Å². The molecule has 88 valence electrons. The van der Waals surface area contributed by atoms with Gasteiger partial charge in [-0.15, -0.1) is 0 Å². The zero-order valence-electron chi connectivity index (χ0n) is 10.2. The molecule has 0 saturated heterocycles. The van der Waals surface area contributed by atoms with Crippen LogP contribution < -0.4 is 4.74 Å². The van der Waals surface area contributed by atoms with Gasteiger partial charge in [0.25, 0.3) is 0 Å². The van der Waals surface area contributed by atoms with Crippen LogP contribution in [-0.2, 0) is 16.0 Å². The van der Waals surface area contributed by atoms with E-state index in [-0.39, 0.29) is 11.9 Å². The summed E-state index contributed by atoms with van der Waals surface area (Å²) in [6.07, 6.45) is -0.0231. The number of carbonyl (C=O) groups excluding carboxylic acids is 1. The second-order valence-electron chi connectivity index (χ2n) is 3.84. The smallest absolute Gasteiger partial charge is 0.165 e. The number of ether oxygens (including phenoxy) is 2. The second kappa shape index (κ2) is 5.66. The maximum atomic E-state index is 11.7. The molecule has 0 aliphatic heterocycles. The number of Topliss-reactive ketones (excluding diaryl/α,β-unsaturated/α-hetero) is 1. The Bertz CT molecular complexity index is 371. The maximum absolute atomic E-state index is 11.7. The molecular formula is C13H18O3. The predicted molar refractivity (Wildman–Crippen MR) is 62.9 cm³/mol. The number of hydrogen-bond acceptors (Lipinski definition) is 3. The van der Waals surface area contributed by atoms with Gasteiger partial charge >= 0.3 is 0 Å². The molecule has 0 radical (unpaired) electrons. The minimum absolute atomic E-state index is 0.0615. The lowest BCUT2D eigenvalue weighted by atomic mass is 10.0. The van der Waals surface area contributed by atoms with Gasteiger partial charge in [-0.25, -0.2) is 0 Å². The molecule has 1 aromatic carbocycles. The number of benzene rings is 1. The van der Waals surface area contributed by atoms with Crippen molar-refractivity contribution in [2.45, 2.75) is 26.4 Å². The predicted octanol–water partition coefficient (Wildman–Crippen LogP) is 2.15. The van der Waals surface area contributed by atoms with E-state index in [4.69, 9.17) is 9.47 Å². The molecule has 0 aliphatic rings. The number of aryl methyl sites for hydroxylation is 1. The molecule has 0 spiro atoms. The molecule has 0 bridgehead atoms. The van der Waals surface area contributed by atoms with E-state index in [1.165, 1.54) is 7.11 Å². The summed E-state index contributed by atoms with van der Waals surface area (Å²) in [7, 11) is 3.15. The molecular weight excluding hydrogens is 204 g/mol. The molecule has 0 saturated carbocycles. The standard InChI is InChI=1S/C13H18O3/c1-9-5-6-13(16-4)11(7-9)8-12(14)10(2)15-3/h5-7,10H,8H2,1-4H3. The van der Waals surface area contributed by atoms with Gasteiger partial charge in [0.1, 0.15) is 11.9 Å². The van der Waals surface area contributed by atoms with Gasteiger partial charge in [-0.1, -0.05) is 17.7 Å². The van der Waals surface area contributed by atoms with Gasteiger partial charge in [0, 0.05) is 19.1 Å². The quantitative estimate of drug-likeness (QED) is 0.765. The Morgan fingerprint density at radius 1 is 1.38 bits per heavy atom. The fourth-order valence-corrected chi connectivity index (χ4v) is 1.51. The molecule has 0 heterocycles. The summed E-state index contributed by atoms with van der Waals surface area (Å²) in [6.45, 7) is 3.75. The Hall–Kier alpha value is -1.35. The molecule has 0 amide bonds. The van der Waals surface area contributed by atoms with Crippen molar-refractivity contribution in [2.75, 3.05) is 14.2 Å². The van der Waals surface area contributed by atoms with Gasteiger partial charge in [0.05, 0.1) is 7.11 Å². The third-order valence-electron chi connectivity index (χ3n) is 2.61. The van der Waals surface area contributed by atoms with E-state index in [2.05, 4.69) is 0 Å². The van der Waals surface area contributed by atoms with Crippen molar-refractivity contribution in [2.24, 2.45) is 0 Å². The second-order valence-corrected chi connectivity index (χ2v) is 3.84. The normalized spacial score (nSPS) is 12.2. The minimum atomic E-state index is -0.370. The molecule has 1 unspecified atom stereocenters. The number of methoxy groups -OCH3 is 2. The van der Waals surface area contributed by atoms with E-state index in [1.54, 1.807) is 14.0 Å². The molecule has 1 atom stereocenters. The monoisotopic (exact) mass is 222 g/mol. The molecule has 0 N–H and O–H groups in total. The van der Waals surface area contributed by atoms with Crippen molar-refractivity contribution in [3.8, 4) is 5.75 Å². The van der Waals surface area contributed by atoms with Crippen LogP contribution in [0.25, 0.3) is 0 Å². The summed E-state index contributed by atoms with van der Waals surface area (Å²) < 4.78 is 10.2. The first kappa shape index (κ1) is 12.7. The number of carbonyl (C=O) groups is 1. The third kappa shape index (κ3) is 3.07. The first-order valence-electron chi connectivity index (χ1n) is 5.27. The highest BCUT2D eigenvalue weighted by atomic mass is 16.5. The summed E-state index contributed by atoms with van der Waals surface area (Å²) in [4.78, 5) is 11.7. The fourth-order valence-electron chi connectivity index (χ4n) is 1.51. The highest BCUT2D eigenvalue weighted by molar-refractivity contribution is 5.85. The van der Waals surface area contributed by atoms with Crippen molar-refractivity contribution < 1.29 is 14.3 Å². The first-order chi connectivity index (χ1) is 7.58. The van der Waals surface area contributed by atoms with Gasteiger partial charge in [0.15, 0.2) is 5.78 Å². The summed E-state index contributed by atoms with van der Waals surface area (Å²) >= 11 is 0. The van der Waals surface area contributed by atoms with Crippen molar-refractivity contribution >= 4 is 5.78 Å². The Morgan fingerprint density at radius 3 is 2.62 bits per heavy atom. The third-order valence-corrected chi connectivity index (χ3v) is 2.61. The molecule has 0 aromatic heterocycles. The summed E-state index contributed by atoms with van der Waals surface area (Å²) in [5, 5.41) is 0. The van der Waals surface area contributed by atoms with E-state index >= 15 is 0 Å². The van der Waals surface area contributed by atoms with Gasteiger partial charge in [-0.3, -0.25) is 4.79 Å². The zero-order valence-corrected chi connectivity index (χ0v) is 10.2. The molecule has 3 nitrogen and oxygen atoms in total. The molecule has 3 heteroatoms. The van der Waals surface area contributed by atoms with E-state index in [9.17, 15) is 4.79 Å². The number of ketones is 1. The highest BCUT2D eigenvalue weighted by Gasteiger charge is 2.14. The van der Waals surface area contributed by atoms with E-state index < -0.39 is 0 Å². The summed E-state index contributed by atoms with van der Waals surface area (Å²) in [6, 6.07) is 5.82. The van der Waals surface area contributed by atoms with Crippen LogP contribution in [0.3, 0.4) is 0 Å². The van der Waals surface area contributed by atoms with E-state index in [0.717, 1.165) is 16.9 Å². The van der Waals surface area contributed by atoms with Crippen LogP contribution >= 0.6 is 0 Å². The lowest BCUT2D eigenvalue weighted by Gasteiger charge is -2.11. The SMILES string of the molecule is COc1ccc(C)cc1CC(=O)C(C)OC. The lowest BCUT2D eigenvalue weighted by Crippen LogP contribution is -2.21. The molecule has 16 heavy (non-hydrogen) atoms. The van der Waals surface area contributed by atoms with Crippen LogP contribution in [0.15, 0.2) is 18.2 Å². The minimum Gasteiger partial charge on any atom is -0.496 e. The molecule has 0 fully saturated rings. The topological polar surface area (TPSA) is 35.5 Å². The fraction of sp³-hybridized carbons (Fsp3) is 0.462. The van der Waals surface area contributed by atoms with Crippen LogP contribution in [0.4, 0.5) is 0 Å². The average Bonchev–Trinajstić information content (AvgIpc) is 2.28. The summed E-state index contributed by atoms with van der Waals surface area (Å²) in [5.74, 6) is 0.814. The van der Waals surface area contributed by atoms with Crippen molar-refractivity contribution in [3.05, 3.63) is 29.3 Å². The average molecular weight is 222 g/mol. The molecule has 0 aliphatic carbocycles. The van der Waals surface area contributed by atoms with E-state index in [1.807, 2.05) is 25.1 Å². The Morgan fingerprint density at radius 2 is 2.06 bits per heavy atom. The van der Waals surface area contributed by atoms with Crippen molar-refractivity contribution in [1.82, 2.24) is 0 Å². The van der Waals surface area contributed by atoms with Crippen LogP contribution in [0.1, 0.15) is 18.1 Å². The van der Waals surface area contributed by atoms with Gasteiger partial charge in [-0.05, 0) is 19.9 Å².